The SMILES string of the molecule is O=C1NC2(CCCCCC2)C(=O)N1CN1CCCCC1c1nc2ccccc2s1. The molecule has 3 fully saturated rings. The number of hydrogen-bond donors (Lipinski definition) is 1. The van der Waals surface area contributed by atoms with Gasteiger partial charge >= 0.3 is 6.03 Å². The number of nitrogens with zero attached hydrogens (tertiary/aromatic N) is 3. The number of carbonyl (C=O) groups is 2. The normalized spacial score (nSPS) is 25.5. The van der Waals surface area contributed by atoms with Crippen LogP contribution in [0.25, 0.3) is 10.2 Å². The molecule has 7 heteroatoms. The largest absolute Gasteiger partial charge is 0.326 e. The van der Waals surface area contributed by atoms with E-state index in [0.29, 0.717) is 6.67 Å². The summed E-state index contributed by atoms with van der Waals surface area (Å²) in [4.78, 5) is 34.7. The van der Waals surface area contributed by atoms with Gasteiger partial charge in [0.1, 0.15) is 10.5 Å². The van der Waals surface area contributed by atoms with E-state index in [0.717, 1.165) is 74.9 Å². The molecule has 1 unspecified atom stereocenters. The van der Waals surface area contributed by atoms with Gasteiger partial charge in [-0.15, -0.1) is 11.3 Å². The highest BCUT2D eigenvalue weighted by molar-refractivity contribution is 7.18. The molecule has 3 heterocycles. The first-order valence-electron chi connectivity index (χ1n) is 10.9. The van der Waals surface area contributed by atoms with Gasteiger partial charge in [0.25, 0.3) is 5.91 Å². The number of fused-ring (bicyclic) bond motifs is 1. The van der Waals surface area contributed by atoms with Gasteiger partial charge in [-0.1, -0.05) is 44.2 Å². The predicted octanol–water partition coefficient (Wildman–Crippen LogP) is 4.43. The Morgan fingerprint density at radius 1 is 1.07 bits per heavy atom. The van der Waals surface area contributed by atoms with Crippen molar-refractivity contribution in [2.24, 2.45) is 0 Å². The number of nitrogens with one attached hydrogen (secondary N) is 1. The number of likely N-dealkylation sites (tertiary alicyclic amines) is 1. The highest BCUT2D eigenvalue weighted by atomic mass is 32.1. The number of benzene rings is 1. The zero-order valence-corrected chi connectivity index (χ0v) is 17.5. The third-order valence-electron chi connectivity index (χ3n) is 6.74. The molecule has 5 rings (SSSR count). The first-order chi connectivity index (χ1) is 14.2. The molecular formula is C22H28N4O2S. The Morgan fingerprint density at radius 2 is 1.86 bits per heavy atom. The molecule has 154 valence electrons. The average molecular weight is 413 g/mol. The Labute approximate surface area is 175 Å². The smallest absolute Gasteiger partial charge is 0.323 e. The number of para-hydroxylation sites is 1. The van der Waals surface area contributed by atoms with E-state index in [1.165, 1.54) is 9.60 Å². The summed E-state index contributed by atoms with van der Waals surface area (Å²) in [5.74, 6) is -0.0157. The third-order valence-corrected chi connectivity index (χ3v) is 7.87. The van der Waals surface area contributed by atoms with Gasteiger partial charge in [-0.05, 0) is 37.8 Å². The van der Waals surface area contributed by atoms with Gasteiger partial charge in [0.05, 0.1) is 22.9 Å². The van der Waals surface area contributed by atoms with Gasteiger partial charge in [0, 0.05) is 6.54 Å². The Morgan fingerprint density at radius 3 is 2.66 bits per heavy atom. The maximum atomic E-state index is 13.3. The van der Waals surface area contributed by atoms with Crippen molar-refractivity contribution in [3.63, 3.8) is 0 Å². The van der Waals surface area contributed by atoms with Crippen LogP contribution < -0.4 is 5.32 Å². The zero-order chi connectivity index (χ0) is 19.8. The summed E-state index contributed by atoms with van der Waals surface area (Å²) in [6, 6.07) is 8.18. The molecule has 0 radical (unpaired) electrons. The lowest BCUT2D eigenvalue weighted by Crippen LogP contribution is -2.48. The lowest BCUT2D eigenvalue weighted by atomic mass is 9.90. The van der Waals surface area contributed by atoms with E-state index in [-0.39, 0.29) is 18.0 Å². The van der Waals surface area contributed by atoms with Crippen LogP contribution in [0.15, 0.2) is 24.3 Å². The van der Waals surface area contributed by atoms with E-state index in [1.54, 1.807) is 11.3 Å². The summed E-state index contributed by atoms with van der Waals surface area (Å²) in [7, 11) is 0. The standard InChI is InChI=1S/C22H28N4O2S/c27-20-22(12-6-1-2-7-13-22)24-21(28)26(20)15-25-14-8-5-10-17(25)19-23-16-9-3-4-11-18(16)29-19/h3-4,9,11,17H,1-2,5-8,10,12-15H2,(H,24,28). The molecule has 1 aliphatic carbocycles. The summed E-state index contributed by atoms with van der Waals surface area (Å²) in [5, 5.41) is 4.17. The van der Waals surface area contributed by atoms with Crippen LogP contribution in [-0.2, 0) is 4.79 Å². The fourth-order valence-electron chi connectivity index (χ4n) is 5.13. The minimum Gasteiger partial charge on any atom is -0.323 e. The van der Waals surface area contributed by atoms with Crippen molar-refractivity contribution in [1.29, 1.82) is 0 Å². The van der Waals surface area contributed by atoms with Crippen molar-refractivity contribution in [3.05, 3.63) is 29.3 Å². The first kappa shape index (κ1) is 19.0. The minimum atomic E-state index is -0.658. The molecule has 1 spiro atoms. The average Bonchev–Trinajstić information content (AvgIpc) is 3.15. The maximum Gasteiger partial charge on any atom is 0.326 e. The highest BCUT2D eigenvalue weighted by Gasteiger charge is 2.51. The summed E-state index contributed by atoms with van der Waals surface area (Å²) < 4.78 is 1.19. The van der Waals surface area contributed by atoms with Crippen molar-refractivity contribution in [1.82, 2.24) is 20.1 Å². The molecule has 0 bridgehead atoms. The molecule has 1 atom stereocenters. The van der Waals surface area contributed by atoms with Gasteiger partial charge in [-0.25, -0.2) is 14.7 Å². The molecule has 6 nitrogen and oxygen atoms in total. The molecule has 2 aromatic rings. The number of imide groups is 1. The topological polar surface area (TPSA) is 65.5 Å². The summed E-state index contributed by atoms with van der Waals surface area (Å²) >= 11 is 1.73. The molecule has 3 amide bonds. The van der Waals surface area contributed by atoms with Crippen molar-refractivity contribution in [3.8, 4) is 0 Å². The van der Waals surface area contributed by atoms with Crippen molar-refractivity contribution in [2.75, 3.05) is 13.2 Å². The van der Waals surface area contributed by atoms with Crippen LogP contribution in [-0.4, -0.2) is 45.5 Å². The molecule has 2 aliphatic heterocycles. The third kappa shape index (κ3) is 3.44. The van der Waals surface area contributed by atoms with Crippen molar-refractivity contribution < 1.29 is 9.59 Å². The second-order valence-corrected chi connectivity index (χ2v) is 9.71. The van der Waals surface area contributed by atoms with Gasteiger partial charge in [0.15, 0.2) is 0 Å². The van der Waals surface area contributed by atoms with Crippen LogP contribution in [0.2, 0.25) is 0 Å². The molecule has 1 N–H and O–H groups in total. The van der Waals surface area contributed by atoms with Gasteiger partial charge in [-0.3, -0.25) is 9.69 Å². The molecule has 3 aliphatic rings. The van der Waals surface area contributed by atoms with Crippen LogP contribution in [0, 0.1) is 0 Å². The number of hydrogen-bond acceptors (Lipinski definition) is 5. The van der Waals surface area contributed by atoms with Crippen molar-refractivity contribution in [2.45, 2.75) is 69.4 Å². The second kappa shape index (κ2) is 7.69. The van der Waals surface area contributed by atoms with E-state index >= 15 is 0 Å². The van der Waals surface area contributed by atoms with E-state index in [9.17, 15) is 9.59 Å². The van der Waals surface area contributed by atoms with Gasteiger partial charge in [-0.2, -0.15) is 0 Å². The predicted molar refractivity (Wildman–Crippen MR) is 114 cm³/mol. The van der Waals surface area contributed by atoms with Gasteiger partial charge < -0.3 is 5.32 Å². The number of piperidine rings is 1. The Bertz CT molecular complexity index is 885. The molecule has 29 heavy (non-hydrogen) atoms. The zero-order valence-electron chi connectivity index (χ0n) is 16.7. The quantitative estimate of drug-likeness (QED) is 0.758. The Balaban J connectivity index is 1.37. The molecule has 1 aromatic heterocycles. The Hall–Kier alpha value is -1.99. The molecule has 1 aromatic carbocycles. The second-order valence-electron chi connectivity index (χ2n) is 8.64. The van der Waals surface area contributed by atoms with Gasteiger partial charge in [0.2, 0.25) is 0 Å². The fourth-order valence-corrected chi connectivity index (χ4v) is 6.27. The first-order valence-corrected chi connectivity index (χ1v) is 11.7. The van der Waals surface area contributed by atoms with Crippen LogP contribution in [0.1, 0.15) is 68.8 Å². The monoisotopic (exact) mass is 412 g/mol. The lowest BCUT2D eigenvalue weighted by Gasteiger charge is -2.36. The van der Waals surface area contributed by atoms with Crippen LogP contribution in [0.4, 0.5) is 4.79 Å². The number of amides is 3. The summed E-state index contributed by atoms with van der Waals surface area (Å²) in [6.07, 6.45) is 9.14. The van der Waals surface area contributed by atoms with Crippen LogP contribution in [0.5, 0.6) is 0 Å². The fraction of sp³-hybridized carbons (Fsp3) is 0.591. The van der Waals surface area contributed by atoms with E-state index in [1.807, 2.05) is 12.1 Å². The molecular weight excluding hydrogens is 384 g/mol. The minimum absolute atomic E-state index is 0.0157. The summed E-state index contributed by atoms with van der Waals surface area (Å²) in [5.41, 5.74) is 0.375. The maximum absolute atomic E-state index is 13.3. The number of carbonyl (C=O) groups excluding carboxylic acids is 2. The van der Waals surface area contributed by atoms with Crippen LogP contribution in [0.3, 0.4) is 0 Å². The number of rotatable bonds is 3. The summed E-state index contributed by atoms with van der Waals surface area (Å²) in [6.45, 7) is 1.26. The Kier molecular flexibility index (Phi) is 5.04. The molecule has 1 saturated carbocycles. The van der Waals surface area contributed by atoms with E-state index in [2.05, 4.69) is 22.3 Å². The van der Waals surface area contributed by atoms with E-state index in [4.69, 9.17) is 4.98 Å². The molecule has 2 saturated heterocycles. The van der Waals surface area contributed by atoms with Crippen LogP contribution >= 0.6 is 11.3 Å². The highest BCUT2D eigenvalue weighted by Crippen LogP contribution is 2.37. The van der Waals surface area contributed by atoms with Crippen molar-refractivity contribution >= 4 is 33.5 Å². The number of aromatic nitrogens is 1. The number of thiazole rings is 1. The van der Waals surface area contributed by atoms with E-state index < -0.39 is 5.54 Å². The lowest BCUT2D eigenvalue weighted by molar-refractivity contribution is -0.133. The number of urea groups is 1.